The average molecular weight is 232 g/mol. The lowest BCUT2D eigenvalue weighted by Gasteiger charge is -2.14. The second kappa shape index (κ2) is 4.04. The molecule has 0 aliphatic heterocycles. The van der Waals surface area contributed by atoms with Crippen molar-refractivity contribution in [3.63, 3.8) is 0 Å². The van der Waals surface area contributed by atoms with Crippen LogP contribution in [0.1, 0.15) is 26.5 Å². The zero-order valence-electron chi connectivity index (χ0n) is 10.2. The van der Waals surface area contributed by atoms with Gasteiger partial charge in [0.1, 0.15) is 5.82 Å². The number of nitrogens with two attached hydrogens (primary N) is 1. The topological polar surface area (TPSA) is 92.5 Å². The molecule has 0 unspecified atom stereocenters. The van der Waals surface area contributed by atoms with E-state index in [2.05, 4.69) is 46.3 Å². The lowest BCUT2D eigenvalue weighted by atomic mass is 9.92. The summed E-state index contributed by atoms with van der Waals surface area (Å²) < 4.78 is 0. The number of hydrogen-bond acceptors (Lipinski definition) is 5. The highest BCUT2D eigenvalue weighted by Crippen LogP contribution is 2.23. The maximum absolute atomic E-state index is 5.50. The van der Waals surface area contributed by atoms with Gasteiger partial charge in [0.25, 0.3) is 0 Å². The molecule has 0 aromatic carbocycles. The number of nitrogen functional groups attached to an aromatic ring is 1. The van der Waals surface area contributed by atoms with Crippen molar-refractivity contribution in [1.29, 1.82) is 0 Å². The number of H-pyrrole nitrogens is 1. The zero-order valence-corrected chi connectivity index (χ0v) is 10.2. The first kappa shape index (κ1) is 11.4. The lowest BCUT2D eigenvalue weighted by molar-refractivity contribution is 0.567. The number of aromatic amines is 1. The van der Waals surface area contributed by atoms with Crippen LogP contribution in [0, 0.1) is 0 Å². The molecule has 2 rings (SSSR count). The molecule has 0 fully saturated rings. The summed E-state index contributed by atoms with van der Waals surface area (Å²) in [6.07, 6.45) is 1.60. The Morgan fingerprint density at radius 1 is 1.29 bits per heavy atom. The van der Waals surface area contributed by atoms with E-state index in [9.17, 15) is 0 Å². The van der Waals surface area contributed by atoms with E-state index in [0.717, 1.165) is 5.69 Å². The molecule has 0 aliphatic rings. The second-order valence-corrected chi connectivity index (χ2v) is 4.84. The third-order valence-electron chi connectivity index (χ3n) is 2.32. The van der Waals surface area contributed by atoms with Crippen LogP contribution in [0.4, 0.5) is 17.6 Å². The molecule has 0 spiro atoms. The third-order valence-corrected chi connectivity index (χ3v) is 2.32. The van der Waals surface area contributed by atoms with E-state index in [1.807, 2.05) is 6.07 Å². The molecule has 0 amide bonds. The van der Waals surface area contributed by atoms with Gasteiger partial charge in [-0.3, -0.25) is 5.10 Å². The fourth-order valence-electron chi connectivity index (χ4n) is 1.34. The molecule has 0 saturated carbocycles. The highest BCUT2D eigenvalue weighted by atomic mass is 15.2. The van der Waals surface area contributed by atoms with Crippen LogP contribution in [0.5, 0.6) is 0 Å². The molecule has 17 heavy (non-hydrogen) atoms. The van der Waals surface area contributed by atoms with Crippen molar-refractivity contribution in [1.82, 2.24) is 20.2 Å². The molecule has 0 bridgehead atoms. The van der Waals surface area contributed by atoms with E-state index in [4.69, 9.17) is 5.73 Å². The van der Waals surface area contributed by atoms with Crippen LogP contribution in [0.3, 0.4) is 0 Å². The Kier molecular flexibility index (Phi) is 2.71. The smallest absolute Gasteiger partial charge is 0.221 e. The highest BCUT2D eigenvalue weighted by molar-refractivity contribution is 5.52. The van der Waals surface area contributed by atoms with E-state index in [0.29, 0.717) is 11.6 Å². The van der Waals surface area contributed by atoms with Gasteiger partial charge in [-0.05, 0) is 6.07 Å². The minimum Gasteiger partial charge on any atom is -0.368 e. The van der Waals surface area contributed by atoms with Crippen molar-refractivity contribution in [2.45, 2.75) is 26.2 Å². The Bertz CT molecular complexity index is 511. The summed E-state index contributed by atoms with van der Waals surface area (Å²) in [4.78, 5) is 7.87. The van der Waals surface area contributed by atoms with Crippen LogP contribution in [-0.2, 0) is 5.41 Å². The van der Waals surface area contributed by atoms with Gasteiger partial charge in [0.05, 0.1) is 0 Å². The zero-order chi connectivity index (χ0) is 12.5. The van der Waals surface area contributed by atoms with E-state index in [-0.39, 0.29) is 11.4 Å². The number of nitrogens with zero attached hydrogens (tertiary/aromatic N) is 3. The molecular formula is C11H16N6. The predicted octanol–water partition coefficient (Wildman–Crippen LogP) is 1.82. The minimum absolute atomic E-state index is 0.0393. The molecule has 2 aromatic rings. The van der Waals surface area contributed by atoms with Gasteiger partial charge >= 0.3 is 0 Å². The molecule has 6 nitrogen and oxygen atoms in total. The Hall–Kier alpha value is -2.11. The monoisotopic (exact) mass is 232 g/mol. The minimum atomic E-state index is 0.0393. The number of aromatic nitrogens is 4. The van der Waals surface area contributed by atoms with Gasteiger partial charge in [-0.1, -0.05) is 20.8 Å². The number of hydrogen-bond donors (Lipinski definition) is 3. The summed E-state index contributed by atoms with van der Waals surface area (Å²) in [7, 11) is 0. The normalized spacial score (nSPS) is 11.5. The first-order valence-electron chi connectivity index (χ1n) is 5.36. The van der Waals surface area contributed by atoms with Crippen LogP contribution in [0.2, 0.25) is 0 Å². The first-order chi connectivity index (χ1) is 7.95. The summed E-state index contributed by atoms with van der Waals surface area (Å²) in [5.74, 6) is 1.58. The summed E-state index contributed by atoms with van der Waals surface area (Å²) in [6, 6.07) is 3.69. The summed E-state index contributed by atoms with van der Waals surface area (Å²) >= 11 is 0. The van der Waals surface area contributed by atoms with E-state index in [1.54, 1.807) is 12.3 Å². The molecule has 4 N–H and O–H groups in total. The molecular weight excluding hydrogens is 216 g/mol. The van der Waals surface area contributed by atoms with Gasteiger partial charge < -0.3 is 11.1 Å². The van der Waals surface area contributed by atoms with Gasteiger partial charge in [-0.25, -0.2) is 4.98 Å². The number of rotatable bonds is 2. The standard InChI is InChI=1S/C11H16N6/c1-11(2,3)7-6-9(17-16-7)14-8-4-5-13-10(12)15-8/h4-6H,1-3H3,(H4,12,13,14,15,16,17). The van der Waals surface area contributed by atoms with Gasteiger partial charge in [0.2, 0.25) is 5.95 Å². The van der Waals surface area contributed by atoms with Crippen molar-refractivity contribution in [3.8, 4) is 0 Å². The molecule has 90 valence electrons. The van der Waals surface area contributed by atoms with Crippen LogP contribution < -0.4 is 11.1 Å². The molecule has 2 aromatic heterocycles. The van der Waals surface area contributed by atoms with Crippen molar-refractivity contribution in [3.05, 3.63) is 24.0 Å². The largest absolute Gasteiger partial charge is 0.368 e. The molecule has 0 saturated heterocycles. The fourth-order valence-corrected chi connectivity index (χ4v) is 1.34. The lowest BCUT2D eigenvalue weighted by Crippen LogP contribution is -2.11. The second-order valence-electron chi connectivity index (χ2n) is 4.84. The Morgan fingerprint density at radius 2 is 2.06 bits per heavy atom. The van der Waals surface area contributed by atoms with E-state index >= 15 is 0 Å². The van der Waals surface area contributed by atoms with Crippen molar-refractivity contribution in [2.24, 2.45) is 0 Å². The summed E-state index contributed by atoms with van der Waals surface area (Å²) in [5.41, 5.74) is 6.59. The molecule has 0 aliphatic carbocycles. The van der Waals surface area contributed by atoms with Crippen molar-refractivity contribution < 1.29 is 0 Å². The van der Waals surface area contributed by atoms with E-state index < -0.39 is 0 Å². The molecule has 0 atom stereocenters. The SMILES string of the molecule is CC(C)(C)c1cc(Nc2ccnc(N)n2)n[nH]1. The number of nitrogens with one attached hydrogen (secondary N) is 2. The van der Waals surface area contributed by atoms with Crippen molar-refractivity contribution in [2.75, 3.05) is 11.1 Å². The highest BCUT2D eigenvalue weighted by Gasteiger charge is 2.16. The fraction of sp³-hybridized carbons (Fsp3) is 0.364. The van der Waals surface area contributed by atoms with Crippen LogP contribution in [-0.4, -0.2) is 20.2 Å². The Balaban J connectivity index is 2.17. The number of anilines is 3. The van der Waals surface area contributed by atoms with Gasteiger partial charge in [-0.2, -0.15) is 10.1 Å². The van der Waals surface area contributed by atoms with Crippen LogP contribution in [0.25, 0.3) is 0 Å². The third kappa shape index (κ3) is 2.72. The van der Waals surface area contributed by atoms with Crippen molar-refractivity contribution >= 4 is 17.6 Å². The summed E-state index contributed by atoms with van der Waals surface area (Å²) in [5, 5.41) is 10.2. The molecule has 0 radical (unpaired) electrons. The maximum atomic E-state index is 5.50. The predicted molar refractivity (Wildman–Crippen MR) is 67.0 cm³/mol. The van der Waals surface area contributed by atoms with Gasteiger partial charge in [-0.15, -0.1) is 0 Å². The first-order valence-corrected chi connectivity index (χ1v) is 5.36. The van der Waals surface area contributed by atoms with Crippen LogP contribution >= 0.6 is 0 Å². The Morgan fingerprint density at radius 3 is 2.65 bits per heavy atom. The molecule has 6 heteroatoms. The molecule has 2 heterocycles. The van der Waals surface area contributed by atoms with Gasteiger partial charge in [0, 0.05) is 23.4 Å². The summed E-state index contributed by atoms with van der Waals surface area (Å²) in [6.45, 7) is 6.35. The average Bonchev–Trinajstić information content (AvgIpc) is 2.65. The van der Waals surface area contributed by atoms with Crippen LogP contribution in [0.15, 0.2) is 18.3 Å². The quantitative estimate of drug-likeness (QED) is 0.734. The van der Waals surface area contributed by atoms with E-state index in [1.165, 1.54) is 0 Å². The Labute approximate surface area is 99.7 Å². The maximum Gasteiger partial charge on any atom is 0.221 e. The van der Waals surface area contributed by atoms with Gasteiger partial charge in [0.15, 0.2) is 5.82 Å².